The molecule has 1 heterocycles. The fourth-order valence-electron chi connectivity index (χ4n) is 2.95. The number of rotatable bonds is 3. The zero-order valence-corrected chi connectivity index (χ0v) is 15.3. The summed E-state index contributed by atoms with van der Waals surface area (Å²) in [5.41, 5.74) is 1.18. The van der Waals surface area contributed by atoms with Crippen molar-refractivity contribution in [1.82, 2.24) is 4.98 Å². The summed E-state index contributed by atoms with van der Waals surface area (Å²) in [6.07, 6.45) is 0. The molecule has 0 aliphatic heterocycles. The van der Waals surface area contributed by atoms with Crippen LogP contribution in [0.15, 0.2) is 77.6 Å². The van der Waals surface area contributed by atoms with Crippen LogP contribution >= 0.6 is 11.6 Å². The first kappa shape index (κ1) is 17.9. The van der Waals surface area contributed by atoms with Gasteiger partial charge in [-0.05, 0) is 52.7 Å². The third-order valence-electron chi connectivity index (χ3n) is 4.39. The molecule has 0 aliphatic rings. The Kier molecular flexibility index (Phi) is 4.67. The van der Waals surface area contributed by atoms with E-state index in [1.807, 2.05) is 42.5 Å². The quantitative estimate of drug-likeness (QED) is 0.501. The number of carbonyl (C=O) groups is 1. The van der Waals surface area contributed by atoms with E-state index in [2.05, 4.69) is 10.3 Å². The molecule has 4 aromatic rings. The summed E-state index contributed by atoms with van der Waals surface area (Å²) in [5, 5.41) is 4.58. The van der Waals surface area contributed by atoms with Gasteiger partial charge in [-0.1, -0.05) is 48.0 Å². The first-order valence-electron chi connectivity index (χ1n) is 8.50. The second-order valence-corrected chi connectivity index (χ2v) is 6.67. The van der Waals surface area contributed by atoms with Crippen LogP contribution in [0.5, 0.6) is 0 Å². The van der Waals surface area contributed by atoms with E-state index in [9.17, 15) is 14.0 Å². The van der Waals surface area contributed by atoms with Gasteiger partial charge in [-0.25, -0.2) is 4.39 Å². The van der Waals surface area contributed by atoms with E-state index in [0.29, 0.717) is 11.4 Å². The van der Waals surface area contributed by atoms with Gasteiger partial charge in [0.2, 0.25) is 0 Å². The van der Waals surface area contributed by atoms with Crippen molar-refractivity contribution in [1.29, 1.82) is 0 Å². The molecular formula is C22H14ClFN2O2. The fraction of sp³-hybridized carbons (Fsp3) is 0. The third-order valence-corrected chi connectivity index (χ3v) is 4.68. The molecule has 0 saturated heterocycles. The maximum atomic E-state index is 13.2. The lowest BCUT2D eigenvalue weighted by Crippen LogP contribution is -2.23. The van der Waals surface area contributed by atoms with Gasteiger partial charge in [0, 0.05) is 11.4 Å². The SMILES string of the molecule is O=C(Nc1ccc(F)c(Cl)c1)c1ccc(-c2ccc3ccccc3c2)[nH]c1=O. The zero-order valence-electron chi connectivity index (χ0n) is 14.5. The van der Waals surface area contributed by atoms with Gasteiger partial charge in [0.25, 0.3) is 11.5 Å². The number of hydrogen-bond acceptors (Lipinski definition) is 2. The van der Waals surface area contributed by atoms with Crippen LogP contribution in [0.25, 0.3) is 22.0 Å². The minimum absolute atomic E-state index is 0.0509. The van der Waals surface area contributed by atoms with E-state index in [0.717, 1.165) is 22.4 Å². The molecule has 0 unspecified atom stereocenters. The van der Waals surface area contributed by atoms with Crippen molar-refractivity contribution in [2.75, 3.05) is 5.32 Å². The molecule has 3 aromatic carbocycles. The van der Waals surface area contributed by atoms with Gasteiger partial charge in [0.15, 0.2) is 0 Å². The molecule has 6 heteroatoms. The number of fused-ring (bicyclic) bond motifs is 1. The second-order valence-electron chi connectivity index (χ2n) is 6.26. The van der Waals surface area contributed by atoms with Crippen LogP contribution in [-0.4, -0.2) is 10.9 Å². The molecule has 0 aliphatic carbocycles. The molecule has 0 fully saturated rings. The number of benzene rings is 3. The van der Waals surface area contributed by atoms with Crippen molar-refractivity contribution < 1.29 is 9.18 Å². The number of aromatic amines is 1. The van der Waals surface area contributed by atoms with Crippen molar-refractivity contribution in [3.8, 4) is 11.3 Å². The highest BCUT2D eigenvalue weighted by molar-refractivity contribution is 6.31. The first-order chi connectivity index (χ1) is 13.5. The van der Waals surface area contributed by atoms with Crippen molar-refractivity contribution in [3.63, 3.8) is 0 Å². The molecule has 138 valence electrons. The number of H-pyrrole nitrogens is 1. The molecule has 1 amide bonds. The van der Waals surface area contributed by atoms with Crippen molar-refractivity contribution in [2.45, 2.75) is 0 Å². The van der Waals surface area contributed by atoms with Gasteiger partial charge in [-0.15, -0.1) is 0 Å². The summed E-state index contributed by atoms with van der Waals surface area (Å²) in [7, 11) is 0. The summed E-state index contributed by atoms with van der Waals surface area (Å²) < 4.78 is 13.2. The number of hydrogen-bond donors (Lipinski definition) is 2. The van der Waals surface area contributed by atoms with Crippen LogP contribution in [0.2, 0.25) is 5.02 Å². The molecule has 28 heavy (non-hydrogen) atoms. The summed E-state index contributed by atoms with van der Waals surface area (Å²) in [6, 6.07) is 20.7. The third kappa shape index (κ3) is 3.52. The normalized spacial score (nSPS) is 10.8. The molecule has 0 saturated carbocycles. The Labute approximate surface area is 164 Å². The number of halogens is 2. The Morgan fingerprint density at radius 1 is 0.929 bits per heavy atom. The Bertz CT molecular complexity index is 1270. The van der Waals surface area contributed by atoms with Crippen LogP contribution in [0.1, 0.15) is 10.4 Å². The molecule has 4 nitrogen and oxygen atoms in total. The molecule has 4 rings (SSSR count). The molecule has 2 N–H and O–H groups in total. The van der Waals surface area contributed by atoms with E-state index < -0.39 is 17.3 Å². The molecule has 0 spiro atoms. The van der Waals surface area contributed by atoms with Crippen LogP contribution in [0, 0.1) is 5.82 Å². The maximum Gasteiger partial charge on any atom is 0.261 e. The lowest BCUT2D eigenvalue weighted by atomic mass is 10.0. The highest BCUT2D eigenvalue weighted by Crippen LogP contribution is 2.23. The number of carbonyl (C=O) groups excluding carboxylic acids is 1. The van der Waals surface area contributed by atoms with Gasteiger partial charge in [-0.2, -0.15) is 0 Å². The molecular weight excluding hydrogens is 379 g/mol. The summed E-state index contributed by atoms with van der Waals surface area (Å²) in [6.45, 7) is 0. The number of nitrogens with one attached hydrogen (secondary N) is 2. The van der Waals surface area contributed by atoms with E-state index in [1.165, 1.54) is 18.2 Å². The van der Waals surface area contributed by atoms with Crippen LogP contribution in [0.3, 0.4) is 0 Å². The predicted octanol–water partition coefficient (Wildman–Crippen LogP) is 5.24. The Morgan fingerprint density at radius 2 is 1.71 bits per heavy atom. The Balaban J connectivity index is 1.62. The van der Waals surface area contributed by atoms with E-state index in [1.54, 1.807) is 6.07 Å². The van der Waals surface area contributed by atoms with Gasteiger partial charge in [-0.3, -0.25) is 9.59 Å². The Hall–Kier alpha value is -3.44. The number of aromatic nitrogens is 1. The zero-order chi connectivity index (χ0) is 19.7. The number of amides is 1. The predicted molar refractivity (Wildman–Crippen MR) is 109 cm³/mol. The van der Waals surface area contributed by atoms with Crippen molar-refractivity contribution >= 4 is 34.0 Å². The largest absolute Gasteiger partial charge is 0.322 e. The molecule has 0 radical (unpaired) electrons. The van der Waals surface area contributed by atoms with Crippen molar-refractivity contribution in [3.05, 3.63) is 99.6 Å². The van der Waals surface area contributed by atoms with Gasteiger partial charge in [0.1, 0.15) is 11.4 Å². The monoisotopic (exact) mass is 392 g/mol. The van der Waals surface area contributed by atoms with E-state index in [4.69, 9.17) is 11.6 Å². The highest BCUT2D eigenvalue weighted by Gasteiger charge is 2.13. The summed E-state index contributed by atoms with van der Waals surface area (Å²) in [5.74, 6) is -1.19. The van der Waals surface area contributed by atoms with Gasteiger partial charge in [0.05, 0.1) is 5.02 Å². The molecule has 1 aromatic heterocycles. The van der Waals surface area contributed by atoms with Crippen LogP contribution < -0.4 is 10.9 Å². The van der Waals surface area contributed by atoms with E-state index in [-0.39, 0.29) is 10.6 Å². The smallest absolute Gasteiger partial charge is 0.261 e. The topological polar surface area (TPSA) is 62.0 Å². The lowest BCUT2D eigenvalue weighted by molar-refractivity contribution is 0.102. The average molecular weight is 393 g/mol. The van der Waals surface area contributed by atoms with Gasteiger partial charge >= 0.3 is 0 Å². The van der Waals surface area contributed by atoms with Crippen LogP contribution in [-0.2, 0) is 0 Å². The van der Waals surface area contributed by atoms with Crippen molar-refractivity contribution in [2.24, 2.45) is 0 Å². The maximum absolute atomic E-state index is 13.2. The summed E-state index contributed by atoms with van der Waals surface area (Å²) in [4.78, 5) is 27.6. The Morgan fingerprint density at radius 3 is 2.46 bits per heavy atom. The molecule has 0 atom stereocenters. The minimum atomic E-state index is -0.603. The number of anilines is 1. The first-order valence-corrected chi connectivity index (χ1v) is 8.88. The lowest BCUT2D eigenvalue weighted by Gasteiger charge is -2.08. The van der Waals surface area contributed by atoms with Crippen LogP contribution in [0.4, 0.5) is 10.1 Å². The fourth-order valence-corrected chi connectivity index (χ4v) is 3.13. The minimum Gasteiger partial charge on any atom is -0.322 e. The van der Waals surface area contributed by atoms with E-state index >= 15 is 0 Å². The average Bonchev–Trinajstić information content (AvgIpc) is 2.70. The highest BCUT2D eigenvalue weighted by atomic mass is 35.5. The standard InChI is InChI=1S/C22H14ClFN2O2/c23-18-12-16(7-9-19(18)24)25-21(27)17-8-10-20(26-22(17)28)15-6-5-13-3-1-2-4-14(13)11-15/h1-12H,(H,25,27)(H,26,28). The second kappa shape index (κ2) is 7.29. The molecule has 0 bridgehead atoms. The number of pyridine rings is 1. The summed E-state index contributed by atoms with van der Waals surface area (Å²) >= 11 is 5.71. The van der Waals surface area contributed by atoms with Gasteiger partial charge < -0.3 is 10.3 Å².